The molecule has 0 saturated carbocycles. The van der Waals surface area contributed by atoms with Gasteiger partial charge in [-0.1, -0.05) is 77.3 Å². The predicted octanol–water partition coefficient (Wildman–Crippen LogP) is 11.5. The van der Waals surface area contributed by atoms with Gasteiger partial charge in [0.15, 0.2) is 0 Å². The van der Waals surface area contributed by atoms with E-state index in [-0.39, 0.29) is 5.41 Å². The van der Waals surface area contributed by atoms with E-state index >= 15 is 0 Å². The lowest BCUT2D eigenvalue weighted by molar-refractivity contribution is 0.402. The van der Waals surface area contributed by atoms with E-state index in [0.717, 1.165) is 0 Å². The SMILES string of the molecule is CCCCCCC1(CCCCCC)c2cc(-c3cccs3)sc2-c2sc(-c3cccs3)cc21. The smallest absolute Gasteiger partial charge is 0.0493 e. The number of fused-ring (bicyclic) bond motifs is 3. The highest BCUT2D eigenvalue weighted by Crippen LogP contribution is 2.61. The Morgan fingerprint density at radius 1 is 0.606 bits per heavy atom. The topological polar surface area (TPSA) is 0 Å². The highest BCUT2D eigenvalue weighted by molar-refractivity contribution is 7.28. The van der Waals surface area contributed by atoms with Crippen molar-refractivity contribution in [3.05, 3.63) is 58.3 Å². The van der Waals surface area contributed by atoms with Crippen molar-refractivity contribution in [2.45, 2.75) is 83.5 Å². The minimum atomic E-state index is 0.212. The van der Waals surface area contributed by atoms with Crippen LogP contribution in [0.5, 0.6) is 0 Å². The van der Waals surface area contributed by atoms with Crippen LogP contribution in [0, 0.1) is 0 Å². The van der Waals surface area contributed by atoms with Gasteiger partial charge >= 0.3 is 0 Å². The molecule has 0 nitrogen and oxygen atoms in total. The van der Waals surface area contributed by atoms with Crippen molar-refractivity contribution >= 4 is 45.3 Å². The quantitative estimate of drug-likeness (QED) is 0.166. The number of thiophene rings is 4. The van der Waals surface area contributed by atoms with Crippen molar-refractivity contribution in [2.24, 2.45) is 0 Å². The fourth-order valence-electron chi connectivity index (χ4n) is 5.43. The minimum absolute atomic E-state index is 0.212. The van der Waals surface area contributed by atoms with Crippen LogP contribution in [0.15, 0.2) is 47.2 Å². The highest BCUT2D eigenvalue weighted by Gasteiger charge is 2.45. The minimum Gasteiger partial charge on any atom is -0.143 e. The Morgan fingerprint density at radius 3 is 1.48 bits per heavy atom. The van der Waals surface area contributed by atoms with Crippen LogP contribution in [0.1, 0.15) is 89.2 Å². The summed E-state index contributed by atoms with van der Waals surface area (Å²) in [6, 6.07) is 14.1. The van der Waals surface area contributed by atoms with Crippen molar-refractivity contribution in [1.29, 1.82) is 0 Å². The fourth-order valence-corrected chi connectivity index (χ4v) is 9.75. The Labute approximate surface area is 215 Å². The van der Waals surface area contributed by atoms with Crippen LogP contribution in [0.25, 0.3) is 29.3 Å². The molecule has 0 N–H and O–H groups in total. The summed E-state index contributed by atoms with van der Waals surface area (Å²) in [5, 5.41) is 4.43. The average Bonchev–Trinajstić information content (AvgIpc) is 3.63. The normalized spacial score (nSPS) is 14.0. The summed E-state index contributed by atoms with van der Waals surface area (Å²) in [4.78, 5) is 8.95. The predicted molar refractivity (Wildman–Crippen MR) is 153 cm³/mol. The molecule has 0 saturated heterocycles. The molecule has 4 aromatic heterocycles. The molecular weight excluding hydrogens is 477 g/mol. The molecule has 0 bridgehead atoms. The lowest BCUT2D eigenvalue weighted by Crippen LogP contribution is -2.25. The molecule has 4 heterocycles. The van der Waals surface area contributed by atoms with Gasteiger partial charge in [0.1, 0.15) is 0 Å². The Hall–Kier alpha value is -1.20. The first-order chi connectivity index (χ1) is 16.3. The largest absolute Gasteiger partial charge is 0.143 e. The molecular formula is C29H34S4. The summed E-state index contributed by atoms with van der Waals surface area (Å²) in [6.45, 7) is 4.65. The Balaban J connectivity index is 1.59. The van der Waals surface area contributed by atoms with Crippen molar-refractivity contribution in [2.75, 3.05) is 0 Å². The Morgan fingerprint density at radius 2 is 1.09 bits per heavy atom. The molecule has 0 unspecified atom stereocenters. The molecule has 0 atom stereocenters. The molecule has 5 rings (SSSR count). The van der Waals surface area contributed by atoms with E-state index in [1.54, 1.807) is 20.9 Å². The second-order valence-corrected chi connectivity index (χ2v) is 13.4. The first kappa shape index (κ1) is 23.5. The molecule has 33 heavy (non-hydrogen) atoms. The standard InChI is InChI=1S/C29H34S4/c1-3-5-7-9-15-29(16-10-8-6-4-2)21-19-25(23-13-11-17-30-23)32-27(21)28-22(29)20-26(33-28)24-14-12-18-31-24/h11-14,17-20H,3-10,15-16H2,1-2H3. The first-order valence-electron chi connectivity index (χ1n) is 12.6. The zero-order valence-corrected chi connectivity index (χ0v) is 23.1. The van der Waals surface area contributed by atoms with Gasteiger partial charge in [0.2, 0.25) is 0 Å². The summed E-state index contributed by atoms with van der Waals surface area (Å²) in [6.07, 6.45) is 13.4. The maximum absolute atomic E-state index is 2.59. The van der Waals surface area contributed by atoms with Gasteiger partial charge in [-0.05, 0) is 59.0 Å². The average molecular weight is 511 g/mol. The third-order valence-corrected chi connectivity index (χ3v) is 11.7. The molecule has 1 aliphatic carbocycles. The first-order valence-corrected chi connectivity index (χ1v) is 16.0. The van der Waals surface area contributed by atoms with Crippen LogP contribution in [0.2, 0.25) is 0 Å². The summed E-state index contributed by atoms with van der Waals surface area (Å²) < 4.78 is 0. The Bertz CT molecular complexity index is 1050. The number of hydrogen-bond donors (Lipinski definition) is 0. The van der Waals surface area contributed by atoms with Crippen molar-refractivity contribution < 1.29 is 0 Å². The molecule has 4 aromatic rings. The molecule has 0 aromatic carbocycles. The van der Waals surface area contributed by atoms with E-state index in [1.165, 1.54) is 83.7 Å². The number of unbranched alkanes of at least 4 members (excludes halogenated alkanes) is 6. The zero-order chi connectivity index (χ0) is 22.7. The molecule has 1 aliphatic rings. The fraction of sp³-hybridized carbons (Fsp3) is 0.448. The molecule has 4 heteroatoms. The van der Waals surface area contributed by atoms with Gasteiger partial charge in [0, 0.05) is 34.7 Å². The van der Waals surface area contributed by atoms with Crippen LogP contribution < -0.4 is 0 Å². The van der Waals surface area contributed by atoms with Crippen LogP contribution in [0.3, 0.4) is 0 Å². The summed E-state index contributed by atoms with van der Waals surface area (Å²) in [5.41, 5.74) is 3.52. The highest BCUT2D eigenvalue weighted by atomic mass is 32.1. The molecule has 0 spiro atoms. The number of rotatable bonds is 12. The molecule has 0 radical (unpaired) electrons. The van der Waals surface area contributed by atoms with Crippen LogP contribution in [-0.4, -0.2) is 0 Å². The zero-order valence-electron chi connectivity index (χ0n) is 19.8. The van der Waals surface area contributed by atoms with Gasteiger partial charge in [-0.3, -0.25) is 0 Å². The second kappa shape index (κ2) is 10.6. The molecule has 0 amide bonds. The maximum Gasteiger partial charge on any atom is 0.0493 e. The van der Waals surface area contributed by atoms with Gasteiger partial charge in [0.25, 0.3) is 0 Å². The third kappa shape index (κ3) is 4.57. The summed E-state index contributed by atoms with van der Waals surface area (Å²) in [7, 11) is 0. The lowest BCUT2D eigenvalue weighted by Gasteiger charge is -2.31. The number of hydrogen-bond acceptors (Lipinski definition) is 4. The van der Waals surface area contributed by atoms with Gasteiger partial charge in [0.05, 0.1) is 0 Å². The summed E-state index contributed by atoms with van der Waals surface area (Å²) in [5.74, 6) is 0. The van der Waals surface area contributed by atoms with Crippen molar-refractivity contribution in [3.8, 4) is 29.3 Å². The van der Waals surface area contributed by atoms with Crippen LogP contribution in [-0.2, 0) is 5.41 Å². The monoisotopic (exact) mass is 510 g/mol. The lowest BCUT2D eigenvalue weighted by atomic mass is 9.71. The second-order valence-electron chi connectivity index (χ2n) is 9.36. The van der Waals surface area contributed by atoms with Gasteiger partial charge in [-0.25, -0.2) is 0 Å². The van der Waals surface area contributed by atoms with Gasteiger partial charge in [-0.2, -0.15) is 0 Å². The van der Waals surface area contributed by atoms with Crippen LogP contribution >= 0.6 is 45.3 Å². The molecule has 174 valence electrons. The van der Waals surface area contributed by atoms with Gasteiger partial charge in [-0.15, -0.1) is 45.3 Å². The van der Waals surface area contributed by atoms with Crippen molar-refractivity contribution in [1.82, 2.24) is 0 Å². The molecule has 0 fully saturated rings. The van der Waals surface area contributed by atoms with Crippen molar-refractivity contribution in [3.63, 3.8) is 0 Å². The van der Waals surface area contributed by atoms with E-state index in [1.807, 2.05) is 45.3 Å². The molecule has 0 aliphatic heterocycles. The van der Waals surface area contributed by atoms with E-state index in [9.17, 15) is 0 Å². The third-order valence-electron chi connectivity index (χ3n) is 7.14. The van der Waals surface area contributed by atoms with E-state index in [0.29, 0.717) is 0 Å². The van der Waals surface area contributed by atoms with E-state index in [4.69, 9.17) is 0 Å². The van der Waals surface area contributed by atoms with E-state index < -0.39 is 0 Å². The summed E-state index contributed by atoms with van der Waals surface area (Å²) >= 11 is 7.86. The van der Waals surface area contributed by atoms with Crippen LogP contribution in [0.4, 0.5) is 0 Å². The Kier molecular flexibility index (Phi) is 7.56. The maximum atomic E-state index is 2.59. The van der Waals surface area contributed by atoms with E-state index in [2.05, 4.69) is 61.0 Å². The van der Waals surface area contributed by atoms with Gasteiger partial charge < -0.3 is 0 Å².